The number of ketones is 1. The number of hydrogen-bond donors (Lipinski definition) is 1. The van der Waals surface area contributed by atoms with Crippen LogP contribution in [-0.2, 0) is 6.42 Å². The van der Waals surface area contributed by atoms with E-state index in [2.05, 4.69) is 4.98 Å². The van der Waals surface area contributed by atoms with E-state index >= 15 is 0 Å². The van der Waals surface area contributed by atoms with E-state index < -0.39 is 0 Å². The predicted molar refractivity (Wildman–Crippen MR) is 57.4 cm³/mol. The van der Waals surface area contributed by atoms with Gasteiger partial charge >= 0.3 is 0 Å². The number of fused-ring (bicyclic) bond motifs is 1. The molecule has 0 fully saturated rings. The van der Waals surface area contributed by atoms with Gasteiger partial charge in [0.05, 0.1) is 0 Å². The standard InChI is InChI=1S/C12H15NO/c1-3-8(2)9-7-13-10-5-4-6-11(14)12(9)10/h3,7,13H,4-6H2,1-2H3/b8-3+. The third kappa shape index (κ3) is 1.31. The molecule has 0 aromatic carbocycles. The summed E-state index contributed by atoms with van der Waals surface area (Å²) < 4.78 is 0. The minimum Gasteiger partial charge on any atom is -0.364 e. The number of Topliss-reactive ketones (excluding diaryl/α,β-unsaturated/α-hetero) is 1. The van der Waals surface area contributed by atoms with Crippen molar-refractivity contribution in [2.75, 3.05) is 0 Å². The lowest BCUT2D eigenvalue weighted by Gasteiger charge is -2.11. The lowest BCUT2D eigenvalue weighted by Crippen LogP contribution is -2.10. The number of rotatable bonds is 1. The van der Waals surface area contributed by atoms with Crippen molar-refractivity contribution >= 4 is 11.4 Å². The number of carbonyl (C=O) groups is 1. The molecule has 0 saturated heterocycles. The third-order valence-electron chi connectivity index (χ3n) is 2.93. The van der Waals surface area contributed by atoms with Crippen LogP contribution in [0.5, 0.6) is 0 Å². The van der Waals surface area contributed by atoms with Gasteiger partial charge in [-0.15, -0.1) is 0 Å². The van der Waals surface area contributed by atoms with E-state index in [-0.39, 0.29) is 0 Å². The first-order valence-corrected chi connectivity index (χ1v) is 5.10. The Kier molecular flexibility index (Phi) is 2.28. The van der Waals surface area contributed by atoms with Crippen LogP contribution in [0.3, 0.4) is 0 Å². The molecule has 2 rings (SSSR count). The van der Waals surface area contributed by atoms with Crippen LogP contribution in [0.2, 0.25) is 0 Å². The van der Waals surface area contributed by atoms with Crippen molar-refractivity contribution < 1.29 is 4.79 Å². The molecule has 1 N–H and O–H groups in total. The summed E-state index contributed by atoms with van der Waals surface area (Å²) in [5, 5.41) is 0. The van der Waals surface area contributed by atoms with Gasteiger partial charge in [-0.1, -0.05) is 6.08 Å². The molecule has 1 aliphatic rings. The Hall–Kier alpha value is -1.31. The molecule has 0 unspecified atom stereocenters. The Morgan fingerprint density at radius 2 is 2.29 bits per heavy atom. The first-order valence-electron chi connectivity index (χ1n) is 5.10. The molecule has 0 bridgehead atoms. The summed E-state index contributed by atoms with van der Waals surface area (Å²) in [6.07, 6.45) is 6.71. The average Bonchev–Trinajstić information content (AvgIpc) is 2.62. The normalized spacial score (nSPS) is 17.0. The van der Waals surface area contributed by atoms with Crippen molar-refractivity contribution in [3.8, 4) is 0 Å². The van der Waals surface area contributed by atoms with Gasteiger partial charge in [-0.2, -0.15) is 0 Å². The Labute approximate surface area is 84.0 Å². The number of nitrogens with one attached hydrogen (secondary N) is 1. The summed E-state index contributed by atoms with van der Waals surface area (Å²) in [6, 6.07) is 0. The molecule has 0 aliphatic heterocycles. The van der Waals surface area contributed by atoms with Crippen LogP contribution in [0.15, 0.2) is 12.3 Å². The highest BCUT2D eigenvalue weighted by atomic mass is 16.1. The summed E-state index contributed by atoms with van der Waals surface area (Å²) in [5.74, 6) is 0.295. The Balaban J connectivity index is 2.54. The first kappa shape index (κ1) is 9.25. The zero-order valence-corrected chi connectivity index (χ0v) is 8.68. The lowest BCUT2D eigenvalue weighted by atomic mass is 9.91. The molecule has 1 aromatic heterocycles. The van der Waals surface area contributed by atoms with Crippen LogP contribution >= 0.6 is 0 Å². The van der Waals surface area contributed by atoms with Crippen LogP contribution < -0.4 is 0 Å². The molecule has 0 saturated carbocycles. The summed E-state index contributed by atoms with van der Waals surface area (Å²) in [4.78, 5) is 15.0. The fourth-order valence-electron chi connectivity index (χ4n) is 2.00. The van der Waals surface area contributed by atoms with Crippen LogP contribution in [0.1, 0.15) is 48.3 Å². The maximum Gasteiger partial charge on any atom is 0.165 e. The number of allylic oxidation sites excluding steroid dienone is 2. The van der Waals surface area contributed by atoms with Crippen molar-refractivity contribution in [2.24, 2.45) is 0 Å². The van der Waals surface area contributed by atoms with E-state index in [4.69, 9.17) is 0 Å². The van der Waals surface area contributed by atoms with Crippen molar-refractivity contribution in [2.45, 2.75) is 33.1 Å². The fraction of sp³-hybridized carbons (Fsp3) is 0.417. The van der Waals surface area contributed by atoms with Crippen molar-refractivity contribution in [1.82, 2.24) is 4.98 Å². The second-order valence-electron chi connectivity index (χ2n) is 3.80. The molecule has 2 nitrogen and oxygen atoms in total. The van der Waals surface area contributed by atoms with E-state index in [1.807, 2.05) is 26.1 Å². The van der Waals surface area contributed by atoms with Gasteiger partial charge in [-0.25, -0.2) is 0 Å². The summed E-state index contributed by atoms with van der Waals surface area (Å²) in [7, 11) is 0. The molecular weight excluding hydrogens is 174 g/mol. The van der Waals surface area contributed by atoms with Crippen LogP contribution in [0.4, 0.5) is 0 Å². The number of aromatic amines is 1. The van der Waals surface area contributed by atoms with Gasteiger partial charge in [-0.3, -0.25) is 4.79 Å². The topological polar surface area (TPSA) is 32.9 Å². The quantitative estimate of drug-likeness (QED) is 0.723. The van der Waals surface area contributed by atoms with E-state index in [1.54, 1.807) is 0 Å². The minimum atomic E-state index is 0.295. The zero-order valence-electron chi connectivity index (χ0n) is 8.68. The van der Waals surface area contributed by atoms with Gasteiger partial charge in [0.2, 0.25) is 0 Å². The van der Waals surface area contributed by atoms with E-state index in [0.717, 1.165) is 29.7 Å². The molecule has 14 heavy (non-hydrogen) atoms. The fourth-order valence-corrected chi connectivity index (χ4v) is 2.00. The Bertz CT molecular complexity index is 398. The highest BCUT2D eigenvalue weighted by molar-refractivity contribution is 6.02. The van der Waals surface area contributed by atoms with Gasteiger partial charge in [-0.05, 0) is 32.3 Å². The molecule has 1 aliphatic carbocycles. The van der Waals surface area contributed by atoms with Gasteiger partial charge in [0, 0.05) is 29.4 Å². The molecule has 1 aromatic rings. The van der Waals surface area contributed by atoms with Gasteiger partial charge < -0.3 is 4.98 Å². The molecular formula is C12H15NO. The highest BCUT2D eigenvalue weighted by Crippen LogP contribution is 2.28. The molecule has 0 amide bonds. The van der Waals surface area contributed by atoms with Gasteiger partial charge in [0.15, 0.2) is 5.78 Å². The summed E-state index contributed by atoms with van der Waals surface area (Å²) in [6.45, 7) is 4.05. The number of H-pyrrole nitrogens is 1. The second kappa shape index (κ2) is 3.45. The van der Waals surface area contributed by atoms with Gasteiger partial charge in [0.25, 0.3) is 0 Å². The minimum absolute atomic E-state index is 0.295. The van der Waals surface area contributed by atoms with Crippen molar-refractivity contribution in [3.05, 3.63) is 29.1 Å². The molecule has 0 radical (unpaired) electrons. The zero-order chi connectivity index (χ0) is 10.1. The van der Waals surface area contributed by atoms with E-state index in [1.165, 1.54) is 5.57 Å². The third-order valence-corrected chi connectivity index (χ3v) is 2.93. The van der Waals surface area contributed by atoms with Gasteiger partial charge in [0.1, 0.15) is 0 Å². The Morgan fingerprint density at radius 3 is 3.00 bits per heavy atom. The van der Waals surface area contributed by atoms with E-state index in [9.17, 15) is 4.79 Å². The monoisotopic (exact) mass is 189 g/mol. The number of carbonyl (C=O) groups excluding carboxylic acids is 1. The van der Waals surface area contributed by atoms with Crippen LogP contribution in [0.25, 0.3) is 5.57 Å². The first-order chi connectivity index (χ1) is 6.74. The molecule has 2 heteroatoms. The van der Waals surface area contributed by atoms with Crippen molar-refractivity contribution in [1.29, 1.82) is 0 Å². The lowest BCUT2D eigenvalue weighted by molar-refractivity contribution is 0.0972. The molecule has 0 atom stereocenters. The summed E-state index contributed by atoms with van der Waals surface area (Å²) >= 11 is 0. The second-order valence-corrected chi connectivity index (χ2v) is 3.80. The molecule has 1 heterocycles. The summed E-state index contributed by atoms with van der Waals surface area (Å²) in [5.41, 5.74) is 4.33. The smallest absolute Gasteiger partial charge is 0.165 e. The molecule has 0 spiro atoms. The van der Waals surface area contributed by atoms with E-state index in [0.29, 0.717) is 12.2 Å². The number of aromatic nitrogens is 1. The maximum atomic E-state index is 11.7. The van der Waals surface area contributed by atoms with Crippen molar-refractivity contribution in [3.63, 3.8) is 0 Å². The Morgan fingerprint density at radius 1 is 1.50 bits per heavy atom. The predicted octanol–water partition coefficient (Wildman–Crippen LogP) is 2.96. The van der Waals surface area contributed by atoms with Crippen LogP contribution in [-0.4, -0.2) is 10.8 Å². The highest BCUT2D eigenvalue weighted by Gasteiger charge is 2.22. The maximum absolute atomic E-state index is 11.7. The largest absolute Gasteiger partial charge is 0.364 e. The average molecular weight is 189 g/mol. The molecule has 74 valence electrons. The van der Waals surface area contributed by atoms with Crippen LogP contribution in [0, 0.1) is 0 Å². The SMILES string of the molecule is C/C=C(\C)c1c[nH]c2c1C(=O)CCC2. The number of hydrogen-bond acceptors (Lipinski definition) is 1. The number of aryl methyl sites for hydroxylation is 1.